The lowest BCUT2D eigenvalue weighted by Crippen LogP contribution is -2.20. The predicted octanol–water partition coefficient (Wildman–Crippen LogP) is 2.49. The highest BCUT2D eigenvalue weighted by atomic mass is 32.1. The van der Waals surface area contributed by atoms with Gasteiger partial charge in [0.05, 0.1) is 6.42 Å². The monoisotopic (exact) mass is 362 g/mol. The molecule has 2 rings (SSSR count). The van der Waals surface area contributed by atoms with Crippen LogP contribution in [-0.4, -0.2) is 28.6 Å². The van der Waals surface area contributed by atoms with Crippen molar-refractivity contribution in [1.29, 1.82) is 0 Å². The molecule has 0 saturated carbocycles. The van der Waals surface area contributed by atoms with Crippen molar-refractivity contribution in [1.82, 2.24) is 10.2 Å². The average Bonchev–Trinajstić information content (AvgIpc) is 3.03. The summed E-state index contributed by atoms with van der Waals surface area (Å²) in [5.74, 6) is 0.225. The van der Waals surface area contributed by atoms with Crippen LogP contribution in [0.15, 0.2) is 24.3 Å². The molecule has 3 N–H and O–H groups in total. The van der Waals surface area contributed by atoms with Crippen LogP contribution in [-0.2, 0) is 16.0 Å². The predicted molar refractivity (Wildman–Crippen MR) is 96.7 cm³/mol. The van der Waals surface area contributed by atoms with Crippen LogP contribution in [0.2, 0.25) is 0 Å². The van der Waals surface area contributed by atoms with E-state index < -0.39 is 5.91 Å². The smallest absolute Gasteiger partial charge is 0.264 e. The van der Waals surface area contributed by atoms with Gasteiger partial charge in [0.1, 0.15) is 10.8 Å². The van der Waals surface area contributed by atoms with E-state index in [0.29, 0.717) is 16.8 Å². The van der Waals surface area contributed by atoms with E-state index in [1.807, 2.05) is 0 Å². The standard InChI is InChI=1S/C17H22N4O3S/c1-3-12(4-2)16-20-21-17(25-16)19-15(23)10-24-13-7-5-11(6-8-13)9-14(18)22/h5-8,12H,3-4,9-10H2,1-2H3,(H2,18,22)(H,19,21,23). The summed E-state index contributed by atoms with van der Waals surface area (Å²) in [7, 11) is 0. The lowest BCUT2D eigenvalue weighted by molar-refractivity contribution is -0.118. The summed E-state index contributed by atoms with van der Waals surface area (Å²) in [6.45, 7) is 4.09. The summed E-state index contributed by atoms with van der Waals surface area (Å²) in [5.41, 5.74) is 5.94. The number of benzene rings is 1. The summed E-state index contributed by atoms with van der Waals surface area (Å²) in [6, 6.07) is 6.87. The molecular weight excluding hydrogens is 340 g/mol. The second-order valence-electron chi connectivity index (χ2n) is 5.58. The molecule has 25 heavy (non-hydrogen) atoms. The van der Waals surface area contributed by atoms with Crippen LogP contribution >= 0.6 is 11.3 Å². The summed E-state index contributed by atoms with van der Waals surface area (Å²) in [6.07, 6.45) is 2.17. The van der Waals surface area contributed by atoms with E-state index in [0.717, 1.165) is 23.4 Å². The first kappa shape index (κ1) is 18.9. The lowest BCUT2D eigenvalue weighted by Gasteiger charge is -2.07. The molecule has 0 unspecified atom stereocenters. The zero-order valence-corrected chi connectivity index (χ0v) is 15.1. The van der Waals surface area contributed by atoms with Crippen LogP contribution in [0.25, 0.3) is 0 Å². The number of nitrogens with zero attached hydrogens (tertiary/aromatic N) is 2. The molecule has 0 fully saturated rings. The molecule has 0 aliphatic carbocycles. The van der Waals surface area contributed by atoms with E-state index in [1.54, 1.807) is 24.3 Å². The Kier molecular flexibility index (Phi) is 6.88. The molecule has 0 spiro atoms. The number of ether oxygens (including phenoxy) is 1. The van der Waals surface area contributed by atoms with Gasteiger partial charge >= 0.3 is 0 Å². The van der Waals surface area contributed by atoms with E-state index >= 15 is 0 Å². The zero-order valence-electron chi connectivity index (χ0n) is 14.3. The van der Waals surface area contributed by atoms with E-state index in [1.165, 1.54) is 11.3 Å². The SMILES string of the molecule is CCC(CC)c1nnc(NC(=O)COc2ccc(CC(N)=O)cc2)s1. The van der Waals surface area contributed by atoms with Crippen LogP contribution in [0.5, 0.6) is 5.75 Å². The van der Waals surface area contributed by atoms with Gasteiger partial charge in [0, 0.05) is 5.92 Å². The Morgan fingerprint density at radius 3 is 2.48 bits per heavy atom. The summed E-state index contributed by atoms with van der Waals surface area (Å²) < 4.78 is 5.42. The third-order valence-electron chi connectivity index (χ3n) is 3.69. The first-order valence-electron chi connectivity index (χ1n) is 8.15. The second kappa shape index (κ2) is 9.12. The maximum atomic E-state index is 12.0. The fraction of sp³-hybridized carbons (Fsp3) is 0.412. The van der Waals surface area contributed by atoms with Crippen LogP contribution < -0.4 is 15.8 Å². The number of anilines is 1. The second-order valence-corrected chi connectivity index (χ2v) is 6.59. The normalized spacial score (nSPS) is 10.7. The van der Waals surface area contributed by atoms with Gasteiger partial charge in [0.25, 0.3) is 5.91 Å². The molecule has 1 aromatic heterocycles. The number of primary amides is 1. The molecule has 0 aliphatic rings. The van der Waals surface area contributed by atoms with Crippen molar-refractivity contribution in [3.63, 3.8) is 0 Å². The fourth-order valence-corrected chi connectivity index (χ4v) is 3.32. The molecule has 0 radical (unpaired) electrons. The Bertz CT molecular complexity index is 711. The van der Waals surface area contributed by atoms with E-state index in [4.69, 9.17) is 10.5 Å². The van der Waals surface area contributed by atoms with Crippen molar-refractivity contribution in [3.8, 4) is 5.75 Å². The lowest BCUT2D eigenvalue weighted by atomic mass is 10.1. The molecule has 0 bridgehead atoms. The van der Waals surface area contributed by atoms with Crippen LogP contribution in [0, 0.1) is 0 Å². The van der Waals surface area contributed by atoms with Crippen molar-refractivity contribution in [2.45, 2.75) is 39.0 Å². The summed E-state index contributed by atoms with van der Waals surface area (Å²) in [5, 5.41) is 12.3. The van der Waals surface area contributed by atoms with Gasteiger partial charge in [0.15, 0.2) is 6.61 Å². The number of hydrogen-bond acceptors (Lipinski definition) is 6. The first-order valence-corrected chi connectivity index (χ1v) is 8.96. The van der Waals surface area contributed by atoms with Crippen molar-refractivity contribution in [2.24, 2.45) is 5.73 Å². The van der Waals surface area contributed by atoms with Gasteiger partial charge < -0.3 is 10.5 Å². The van der Waals surface area contributed by atoms with Gasteiger partial charge in [-0.3, -0.25) is 14.9 Å². The number of nitrogens with one attached hydrogen (secondary N) is 1. The molecule has 7 nitrogen and oxygen atoms in total. The summed E-state index contributed by atoms with van der Waals surface area (Å²) >= 11 is 1.39. The van der Waals surface area contributed by atoms with Crippen molar-refractivity contribution >= 4 is 28.3 Å². The van der Waals surface area contributed by atoms with Gasteiger partial charge in [-0.2, -0.15) is 0 Å². The van der Waals surface area contributed by atoms with Crippen LogP contribution in [0.3, 0.4) is 0 Å². The van der Waals surface area contributed by atoms with Crippen molar-refractivity contribution < 1.29 is 14.3 Å². The van der Waals surface area contributed by atoms with Crippen LogP contribution in [0.4, 0.5) is 5.13 Å². The minimum Gasteiger partial charge on any atom is -0.484 e. The van der Waals surface area contributed by atoms with E-state index in [9.17, 15) is 9.59 Å². The van der Waals surface area contributed by atoms with Crippen molar-refractivity contribution in [2.75, 3.05) is 11.9 Å². The Morgan fingerprint density at radius 2 is 1.88 bits per heavy atom. The number of nitrogens with two attached hydrogens (primary N) is 1. The Balaban J connectivity index is 1.83. The number of amides is 2. The third kappa shape index (κ3) is 5.82. The highest BCUT2D eigenvalue weighted by Crippen LogP contribution is 2.27. The Labute approximate surface area is 150 Å². The topological polar surface area (TPSA) is 107 Å². The first-order chi connectivity index (χ1) is 12.0. The van der Waals surface area contributed by atoms with Gasteiger partial charge in [0.2, 0.25) is 11.0 Å². The molecule has 1 heterocycles. The van der Waals surface area contributed by atoms with E-state index in [2.05, 4.69) is 29.4 Å². The zero-order chi connectivity index (χ0) is 18.2. The molecule has 2 aromatic rings. The number of rotatable bonds is 9. The highest BCUT2D eigenvalue weighted by molar-refractivity contribution is 7.15. The molecular formula is C17H22N4O3S. The Morgan fingerprint density at radius 1 is 1.20 bits per heavy atom. The molecule has 1 aromatic carbocycles. The van der Waals surface area contributed by atoms with Gasteiger partial charge in [-0.1, -0.05) is 37.3 Å². The molecule has 8 heteroatoms. The average molecular weight is 362 g/mol. The third-order valence-corrected chi connectivity index (χ3v) is 4.69. The molecule has 0 saturated heterocycles. The van der Waals surface area contributed by atoms with E-state index in [-0.39, 0.29) is 18.9 Å². The summed E-state index contributed by atoms with van der Waals surface area (Å²) in [4.78, 5) is 22.8. The quantitative estimate of drug-likeness (QED) is 0.712. The molecule has 2 amide bonds. The number of carbonyl (C=O) groups excluding carboxylic acids is 2. The van der Waals surface area contributed by atoms with Gasteiger partial charge in [-0.05, 0) is 30.5 Å². The molecule has 0 aliphatic heterocycles. The largest absolute Gasteiger partial charge is 0.484 e. The maximum Gasteiger partial charge on any atom is 0.264 e. The maximum absolute atomic E-state index is 12.0. The van der Waals surface area contributed by atoms with Crippen molar-refractivity contribution in [3.05, 3.63) is 34.8 Å². The minimum atomic E-state index is -0.391. The van der Waals surface area contributed by atoms with Gasteiger partial charge in [-0.15, -0.1) is 10.2 Å². The fourth-order valence-electron chi connectivity index (χ4n) is 2.30. The number of carbonyl (C=O) groups is 2. The Hall–Kier alpha value is -2.48. The molecule has 0 atom stereocenters. The van der Waals surface area contributed by atoms with Gasteiger partial charge in [-0.25, -0.2) is 0 Å². The molecule has 134 valence electrons. The highest BCUT2D eigenvalue weighted by Gasteiger charge is 2.14. The minimum absolute atomic E-state index is 0.130. The number of hydrogen-bond donors (Lipinski definition) is 2. The number of aromatic nitrogens is 2. The van der Waals surface area contributed by atoms with Crippen LogP contribution in [0.1, 0.15) is 43.2 Å².